The van der Waals surface area contributed by atoms with Gasteiger partial charge < -0.3 is 14.4 Å². The Kier molecular flexibility index (Phi) is 4.41. The third kappa shape index (κ3) is 3.02. The SMILES string of the molecule is O=C(N1CC2(C1)CN(c1ccccn1)C2)N1CCC[S+]([O-])c2cc(Cl)ccc21. The third-order valence-corrected chi connectivity index (χ3v) is 7.46. The van der Waals surface area contributed by atoms with Crippen LogP contribution in [-0.4, -0.2) is 58.9 Å². The second-order valence-electron chi connectivity index (χ2n) is 7.85. The Bertz CT molecular complexity index is 898. The zero-order valence-corrected chi connectivity index (χ0v) is 17.0. The number of carbonyl (C=O) groups excluding carboxylic acids is 1. The fraction of sp³-hybridized carbons (Fsp3) is 0.400. The molecule has 0 bridgehead atoms. The normalized spacial score (nSPS) is 22.9. The van der Waals surface area contributed by atoms with Crippen LogP contribution in [0.3, 0.4) is 0 Å². The molecule has 1 spiro atoms. The van der Waals surface area contributed by atoms with Gasteiger partial charge in [0.2, 0.25) is 0 Å². The molecule has 3 aliphatic heterocycles. The van der Waals surface area contributed by atoms with Crippen LogP contribution < -0.4 is 9.80 Å². The highest BCUT2D eigenvalue weighted by atomic mass is 35.5. The maximum atomic E-state index is 13.2. The van der Waals surface area contributed by atoms with Crippen LogP contribution in [0.1, 0.15) is 6.42 Å². The van der Waals surface area contributed by atoms with Crippen molar-refractivity contribution >= 4 is 40.3 Å². The maximum Gasteiger partial charge on any atom is 0.324 e. The number of rotatable bonds is 1. The van der Waals surface area contributed by atoms with Crippen molar-refractivity contribution in [3.63, 3.8) is 0 Å². The van der Waals surface area contributed by atoms with Gasteiger partial charge in [0, 0.05) is 61.8 Å². The molecule has 2 saturated heterocycles. The van der Waals surface area contributed by atoms with Gasteiger partial charge in [0.05, 0.1) is 0 Å². The number of aromatic nitrogens is 1. The fourth-order valence-corrected chi connectivity index (χ4v) is 5.93. The molecule has 146 valence electrons. The number of benzene rings is 1. The largest absolute Gasteiger partial charge is 0.611 e. The quantitative estimate of drug-likeness (QED) is 0.670. The number of urea groups is 1. The molecular formula is C20H21ClN4O2S. The summed E-state index contributed by atoms with van der Waals surface area (Å²) in [4.78, 5) is 24.2. The zero-order valence-electron chi connectivity index (χ0n) is 15.4. The van der Waals surface area contributed by atoms with E-state index in [0.717, 1.165) is 44.1 Å². The predicted molar refractivity (Wildman–Crippen MR) is 111 cm³/mol. The van der Waals surface area contributed by atoms with Crippen molar-refractivity contribution in [2.75, 3.05) is 48.3 Å². The number of fused-ring (bicyclic) bond motifs is 1. The third-order valence-electron chi connectivity index (χ3n) is 5.75. The lowest BCUT2D eigenvalue weighted by Crippen LogP contribution is -2.74. The standard InChI is InChI=1S/C20H21ClN4O2S/c21-15-5-6-16-17(10-15)28(27)9-3-8-25(16)19(26)24-13-20(14-24)11-23(12-20)18-4-1-2-7-22-18/h1-2,4-7,10H,3,8-9,11-14H2. The van der Waals surface area contributed by atoms with Crippen molar-refractivity contribution in [1.29, 1.82) is 0 Å². The molecule has 0 aliphatic carbocycles. The van der Waals surface area contributed by atoms with Crippen LogP contribution in [0.25, 0.3) is 0 Å². The Morgan fingerprint density at radius 2 is 2.00 bits per heavy atom. The van der Waals surface area contributed by atoms with Crippen LogP contribution in [0.2, 0.25) is 5.02 Å². The van der Waals surface area contributed by atoms with E-state index in [4.69, 9.17) is 11.6 Å². The molecule has 1 aromatic heterocycles. The molecule has 2 amide bonds. The van der Waals surface area contributed by atoms with E-state index in [0.29, 0.717) is 22.2 Å². The summed E-state index contributed by atoms with van der Waals surface area (Å²) >= 11 is 4.97. The van der Waals surface area contributed by atoms with Crippen LogP contribution in [-0.2, 0) is 11.2 Å². The molecule has 28 heavy (non-hydrogen) atoms. The first-order chi connectivity index (χ1) is 13.5. The van der Waals surface area contributed by atoms with Crippen LogP contribution in [0.15, 0.2) is 47.5 Å². The summed E-state index contributed by atoms with van der Waals surface area (Å²) in [6.07, 6.45) is 2.53. The van der Waals surface area contributed by atoms with E-state index in [-0.39, 0.29) is 11.4 Å². The van der Waals surface area contributed by atoms with Gasteiger partial charge in [-0.15, -0.1) is 0 Å². The van der Waals surface area contributed by atoms with Crippen molar-refractivity contribution in [3.05, 3.63) is 47.6 Å². The number of amides is 2. The molecule has 3 aliphatic rings. The average Bonchev–Trinajstić information content (AvgIpc) is 2.79. The topological polar surface area (TPSA) is 62.7 Å². The van der Waals surface area contributed by atoms with E-state index >= 15 is 0 Å². The minimum atomic E-state index is -1.12. The Hall–Kier alpha value is -1.96. The zero-order chi connectivity index (χ0) is 19.3. The van der Waals surface area contributed by atoms with Gasteiger partial charge in [-0.25, -0.2) is 9.78 Å². The molecule has 4 heterocycles. The van der Waals surface area contributed by atoms with Crippen molar-refractivity contribution in [2.24, 2.45) is 5.41 Å². The second-order valence-corrected chi connectivity index (χ2v) is 9.83. The van der Waals surface area contributed by atoms with Crippen molar-refractivity contribution in [2.45, 2.75) is 11.3 Å². The lowest BCUT2D eigenvalue weighted by atomic mass is 9.73. The van der Waals surface area contributed by atoms with Gasteiger partial charge in [-0.2, -0.15) is 0 Å². The van der Waals surface area contributed by atoms with E-state index in [2.05, 4.69) is 9.88 Å². The minimum absolute atomic E-state index is 0.00406. The molecule has 5 rings (SSSR count). The first-order valence-electron chi connectivity index (χ1n) is 9.45. The Morgan fingerprint density at radius 1 is 1.18 bits per heavy atom. The highest BCUT2D eigenvalue weighted by molar-refractivity contribution is 7.91. The molecule has 1 aromatic carbocycles. The lowest BCUT2D eigenvalue weighted by molar-refractivity contribution is 0.00966. The Balaban J connectivity index is 1.27. The number of likely N-dealkylation sites (tertiary alicyclic amines) is 1. The number of nitrogens with zero attached hydrogens (tertiary/aromatic N) is 4. The molecule has 0 radical (unpaired) electrons. The summed E-state index contributed by atoms with van der Waals surface area (Å²) in [5.74, 6) is 1.55. The van der Waals surface area contributed by atoms with Crippen LogP contribution in [0.4, 0.5) is 16.3 Å². The molecule has 0 N–H and O–H groups in total. The van der Waals surface area contributed by atoms with Crippen LogP contribution in [0, 0.1) is 5.41 Å². The summed E-state index contributed by atoms with van der Waals surface area (Å²) in [5, 5.41) is 0.549. The molecule has 1 unspecified atom stereocenters. The van der Waals surface area contributed by atoms with Gasteiger partial charge in [0.15, 0.2) is 4.90 Å². The minimum Gasteiger partial charge on any atom is -0.611 e. The first-order valence-corrected chi connectivity index (χ1v) is 11.1. The van der Waals surface area contributed by atoms with Gasteiger partial charge in [0.25, 0.3) is 0 Å². The van der Waals surface area contributed by atoms with Crippen LogP contribution in [0.5, 0.6) is 0 Å². The second kappa shape index (κ2) is 6.83. The van der Waals surface area contributed by atoms with Gasteiger partial charge in [-0.1, -0.05) is 17.7 Å². The number of halogens is 1. The summed E-state index contributed by atoms with van der Waals surface area (Å²) < 4.78 is 12.5. The lowest BCUT2D eigenvalue weighted by Gasteiger charge is -2.60. The summed E-state index contributed by atoms with van der Waals surface area (Å²) in [7, 11) is 0. The number of hydrogen-bond acceptors (Lipinski definition) is 4. The van der Waals surface area contributed by atoms with Gasteiger partial charge in [-0.05, 0) is 35.4 Å². The fourth-order valence-electron chi connectivity index (χ4n) is 4.41. The molecule has 0 saturated carbocycles. The van der Waals surface area contributed by atoms with E-state index < -0.39 is 11.2 Å². The average molecular weight is 417 g/mol. The van der Waals surface area contributed by atoms with E-state index in [1.54, 1.807) is 17.0 Å². The van der Waals surface area contributed by atoms with E-state index in [1.165, 1.54) is 0 Å². The van der Waals surface area contributed by atoms with Crippen LogP contribution >= 0.6 is 11.6 Å². The highest BCUT2D eigenvalue weighted by Crippen LogP contribution is 2.42. The van der Waals surface area contributed by atoms with E-state index in [9.17, 15) is 9.35 Å². The van der Waals surface area contributed by atoms with Crippen molar-refractivity contribution in [3.8, 4) is 0 Å². The Morgan fingerprint density at radius 3 is 2.75 bits per heavy atom. The first kappa shape index (κ1) is 18.1. The summed E-state index contributed by atoms with van der Waals surface area (Å²) in [6.45, 7) is 3.98. The molecular weight excluding hydrogens is 396 g/mol. The van der Waals surface area contributed by atoms with E-state index in [1.807, 2.05) is 35.4 Å². The molecule has 2 aromatic rings. The maximum absolute atomic E-state index is 13.2. The highest BCUT2D eigenvalue weighted by Gasteiger charge is 2.54. The molecule has 6 nitrogen and oxygen atoms in total. The summed E-state index contributed by atoms with van der Waals surface area (Å²) in [6, 6.07) is 11.3. The molecule has 8 heteroatoms. The molecule has 2 fully saturated rings. The van der Waals surface area contributed by atoms with Gasteiger partial charge >= 0.3 is 6.03 Å². The predicted octanol–water partition coefficient (Wildman–Crippen LogP) is 2.99. The molecule has 1 atom stereocenters. The Labute approximate surface area is 172 Å². The number of anilines is 2. The number of carbonyl (C=O) groups is 1. The van der Waals surface area contributed by atoms with Crippen molar-refractivity contribution in [1.82, 2.24) is 9.88 Å². The van der Waals surface area contributed by atoms with Gasteiger partial charge in [-0.3, -0.25) is 4.90 Å². The smallest absolute Gasteiger partial charge is 0.324 e. The van der Waals surface area contributed by atoms with Crippen molar-refractivity contribution < 1.29 is 9.35 Å². The number of hydrogen-bond donors (Lipinski definition) is 0. The number of pyridine rings is 1. The monoisotopic (exact) mass is 416 g/mol. The summed E-state index contributed by atoms with van der Waals surface area (Å²) in [5.41, 5.74) is 0.917. The van der Waals surface area contributed by atoms with Gasteiger partial charge in [0.1, 0.15) is 17.3 Å².